The van der Waals surface area contributed by atoms with Crippen molar-refractivity contribution in [2.75, 3.05) is 13.7 Å². The number of methoxy groups -OCH3 is 1. The minimum atomic E-state index is -1.64. The Balaban J connectivity index is 2.24. The topological polar surface area (TPSA) is 93.8 Å². The Morgan fingerprint density at radius 3 is 2.78 bits per heavy atom. The van der Waals surface area contributed by atoms with Gasteiger partial charge in [0.15, 0.2) is 6.10 Å². The van der Waals surface area contributed by atoms with E-state index < -0.39 is 18.2 Å². The summed E-state index contributed by atoms with van der Waals surface area (Å²) in [5, 5.41) is 24.2. The van der Waals surface area contributed by atoms with Crippen LogP contribution in [0, 0.1) is 0 Å². The molecule has 0 aliphatic carbocycles. The second-order valence-corrected chi connectivity index (χ2v) is 4.92. The Labute approximate surface area is 134 Å². The van der Waals surface area contributed by atoms with E-state index in [-0.39, 0.29) is 6.61 Å². The Hall–Kier alpha value is -2.38. The average Bonchev–Trinajstić information content (AvgIpc) is 3.06. The van der Waals surface area contributed by atoms with Gasteiger partial charge in [0.25, 0.3) is 0 Å². The molecule has 2 unspecified atom stereocenters. The van der Waals surface area contributed by atoms with Gasteiger partial charge in [-0.15, -0.1) is 0 Å². The number of carbonyl (C=O) groups excluding carboxylic acids is 1. The van der Waals surface area contributed by atoms with Crippen molar-refractivity contribution in [1.82, 2.24) is 9.78 Å². The lowest BCUT2D eigenvalue weighted by atomic mass is 10.0. The molecule has 0 fully saturated rings. The quantitative estimate of drug-likeness (QED) is 0.736. The van der Waals surface area contributed by atoms with E-state index in [1.54, 1.807) is 55.4 Å². The Morgan fingerprint density at radius 1 is 1.39 bits per heavy atom. The SMILES string of the molecule is CCOC(=O)C(O)C(O)c1ccc(OC)c(Cn2cccn2)c1. The zero-order valence-electron chi connectivity index (χ0n) is 13.0. The molecule has 124 valence electrons. The van der Waals surface area contributed by atoms with Crippen molar-refractivity contribution < 1.29 is 24.5 Å². The number of carbonyl (C=O) groups is 1. The van der Waals surface area contributed by atoms with Crippen LogP contribution < -0.4 is 4.74 Å². The molecule has 2 rings (SSSR count). The zero-order valence-corrected chi connectivity index (χ0v) is 13.0. The van der Waals surface area contributed by atoms with Gasteiger partial charge in [0.05, 0.1) is 20.3 Å². The fourth-order valence-corrected chi connectivity index (χ4v) is 2.21. The molecule has 2 N–H and O–H groups in total. The second kappa shape index (κ2) is 7.75. The largest absolute Gasteiger partial charge is 0.496 e. The van der Waals surface area contributed by atoms with E-state index in [1.165, 1.54) is 0 Å². The number of rotatable bonds is 7. The lowest BCUT2D eigenvalue weighted by Crippen LogP contribution is -2.30. The molecule has 7 nitrogen and oxygen atoms in total. The van der Waals surface area contributed by atoms with Gasteiger partial charge in [-0.1, -0.05) is 6.07 Å². The third kappa shape index (κ3) is 4.08. The van der Waals surface area contributed by atoms with Crippen molar-refractivity contribution in [3.05, 3.63) is 47.8 Å². The molecule has 0 bridgehead atoms. The predicted octanol–water partition coefficient (Wildman–Crippen LogP) is 0.897. The van der Waals surface area contributed by atoms with Gasteiger partial charge in [0.2, 0.25) is 0 Å². The van der Waals surface area contributed by atoms with Crippen molar-refractivity contribution in [2.45, 2.75) is 25.7 Å². The average molecular weight is 320 g/mol. The highest BCUT2D eigenvalue weighted by atomic mass is 16.5. The summed E-state index contributed by atoms with van der Waals surface area (Å²) in [6, 6.07) is 6.75. The molecule has 2 atom stereocenters. The number of ether oxygens (including phenoxy) is 2. The van der Waals surface area contributed by atoms with Crippen molar-refractivity contribution in [3.8, 4) is 5.75 Å². The number of esters is 1. The maximum Gasteiger partial charge on any atom is 0.338 e. The number of aliphatic hydroxyl groups is 2. The van der Waals surface area contributed by atoms with Crippen molar-refractivity contribution in [1.29, 1.82) is 0 Å². The summed E-state index contributed by atoms with van der Waals surface area (Å²) < 4.78 is 11.7. The number of aliphatic hydroxyl groups excluding tert-OH is 2. The standard InChI is InChI=1S/C16H20N2O5/c1-3-23-16(21)15(20)14(19)11-5-6-13(22-2)12(9-11)10-18-8-4-7-17-18/h4-9,14-15,19-20H,3,10H2,1-2H3. The van der Waals surface area contributed by atoms with E-state index in [9.17, 15) is 15.0 Å². The highest BCUT2D eigenvalue weighted by molar-refractivity contribution is 5.75. The first-order valence-corrected chi connectivity index (χ1v) is 7.23. The Morgan fingerprint density at radius 2 is 2.17 bits per heavy atom. The summed E-state index contributed by atoms with van der Waals surface area (Å²) in [5.41, 5.74) is 1.16. The Bertz CT molecular complexity index is 642. The number of hydrogen-bond donors (Lipinski definition) is 2. The molecule has 23 heavy (non-hydrogen) atoms. The molecule has 1 heterocycles. The fourth-order valence-electron chi connectivity index (χ4n) is 2.21. The zero-order chi connectivity index (χ0) is 16.8. The molecule has 0 saturated carbocycles. The van der Waals surface area contributed by atoms with Crippen LogP contribution in [0.4, 0.5) is 0 Å². The molecular weight excluding hydrogens is 300 g/mol. The summed E-state index contributed by atoms with van der Waals surface area (Å²) in [4.78, 5) is 11.6. The number of aromatic nitrogens is 2. The van der Waals surface area contributed by atoms with Gasteiger partial charge in [-0.25, -0.2) is 4.79 Å². The lowest BCUT2D eigenvalue weighted by molar-refractivity contribution is -0.159. The molecule has 0 amide bonds. The van der Waals surface area contributed by atoms with Crippen LogP contribution in [0.2, 0.25) is 0 Å². The third-order valence-corrected chi connectivity index (χ3v) is 3.36. The van der Waals surface area contributed by atoms with Gasteiger partial charge >= 0.3 is 5.97 Å². The van der Waals surface area contributed by atoms with Crippen LogP contribution in [0.5, 0.6) is 5.75 Å². The molecule has 2 aromatic rings. The maximum atomic E-state index is 11.6. The highest BCUT2D eigenvalue weighted by Crippen LogP contribution is 2.26. The Kier molecular flexibility index (Phi) is 5.72. The van der Waals surface area contributed by atoms with Crippen molar-refractivity contribution in [3.63, 3.8) is 0 Å². The first-order valence-electron chi connectivity index (χ1n) is 7.23. The van der Waals surface area contributed by atoms with Gasteiger partial charge in [0, 0.05) is 18.0 Å². The minimum absolute atomic E-state index is 0.135. The summed E-state index contributed by atoms with van der Waals surface area (Å²) in [6.07, 6.45) is 0.448. The molecule has 1 aromatic carbocycles. The van der Waals surface area contributed by atoms with E-state index in [2.05, 4.69) is 5.10 Å². The van der Waals surface area contributed by atoms with Crippen molar-refractivity contribution in [2.24, 2.45) is 0 Å². The van der Waals surface area contributed by atoms with Gasteiger partial charge in [0.1, 0.15) is 11.9 Å². The van der Waals surface area contributed by atoms with Gasteiger partial charge in [-0.3, -0.25) is 4.68 Å². The number of hydrogen-bond acceptors (Lipinski definition) is 6. The summed E-state index contributed by atoms with van der Waals surface area (Å²) in [6.45, 7) is 2.20. The number of benzene rings is 1. The molecule has 0 saturated heterocycles. The van der Waals surface area contributed by atoms with Crippen LogP contribution >= 0.6 is 0 Å². The minimum Gasteiger partial charge on any atom is -0.496 e. The second-order valence-electron chi connectivity index (χ2n) is 4.92. The summed E-state index contributed by atoms with van der Waals surface area (Å²) in [5.74, 6) is -0.230. The van der Waals surface area contributed by atoms with Gasteiger partial charge < -0.3 is 19.7 Å². The van der Waals surface area contributed by atoms with Gasteiger partial charge in [-0.2, -0.15) is 5.10 Å². The van der Waals surface area contributed by atoms with Crippen LogP contribution in [-0.4, -0.2) is 45.8 Å². The first-order chi connectivity index (χ1) is 11.1. The van der Waals surface area contributed by atoms with Crippen LogP contribution in [0.3, 0.4) is 0 Å². The number of nitrogens with zero attached hydrogens (tertiary/aromatic N) is 2. The lowest BCUT2D eigenvalue weighted by Gasteiger charge is -2.18. The fraction of sp³-hybridized carbons (Fsp3) is 0.375. The monoisotopic (exact) mass is 320 g/mol. The van der Waals surface area contributed by atoms with E-state index >= 15 is 0 Å². The van der Waals surface area contributed by atoms with E-state index in [4.69, 9.17) is 9.47 Å². The molecule has 0 radical (unpaired) electrons. The van der Waals surface area contributed by atoms with E-state index in [1.807, 2.05) is 0 Å². The summed E-state index contributed by atoms with van der Waals surface area (Å²) >= 11 is 0. The highest BCUT2D eigenvalue weighted by Gasteiger charge is 2.27. The normalized spacial score (nSPS) is 13.4. The molecule has 1 aromatic heterocycles. The predicted molar refractivity (Wildman–Crippen MR) is 81.9 cm³/mol. The van der Waals surface area contributed by atoms with Crippen LogP contribution in [0.15, 0.2) is 36.7 Å². The van der Waals surface area contributed by atoms with Crippen LogP contribution in [0.1, 0.15) is 24.2 Å². The third-order valence-electron chi connectivity index (χ3n) is 3.36. The summed E-state index contributed by atoms with van der Waals surface area (Å²) in [7, 11) is 1.55. The maximum absolute atomic E-state index is 11.6. The smallest absolute Gasteiger partial charge is 0.338 e. The van der Waals surface area contributed by atoms with Crippen LogP contribution in [0.25, 0.3) is 0 Å². The molecule has 0 aliphatic rings. The molecule has 7 heteroatoms. The molecule has 0 spiro atoms. The van der Waals surface area contributed by atoms with E-state index in [0.29, 0.717) is 17.9 Å². The van der Waals surface area contributed by atoms with E-state index in [0.717, 1.165) is 5.56 Å². The molecular formula is C16H20N2O5. The van der Waals surface area contributed by atoms with Gasteiger partial charge in [-0.05, 0) is 30.7 Å². The van der Waals surface area contributed by atoms with Crippen molar-refractivity contribution >= 4 is 5.97 Å². The van der Waals surface area contributed by atoms with Crippen LogP contribution in [-0.2, 0) is 16.1 Å². The first kappa shape index (κ1) is 17.0. The molecule has 0 aliphatic heterocycles.